The largest absolute Gasteiger partial charge is 0.493 e. The third kappa shape index (κ3) is 1.57. The molecule has 0 unspecified atom stereocenters. The van der Waals surface area contributed by atoms with Crippen molar-refractivity contribution < 1.29 is 5.11 Å². The normalized spacial score (nSPS) is 9.44. The van der Waals surface area contributed by atoms with Gasteiger partial charge in [-0.05, 0) is 0 Å². The van der Waals surface area contributed by atoms with Gasteiger partial charge in [0.2, 0.25) is 5.88 Å². The fraction of sp³-hybridized carbons (Fsp3) is 0.200. The zero-order valence-electron chi connectivity index (χ0n) is 4.65. The van der Waals surface area contributed by atoms with E-state index in [2.05, 4.69) is 22.6 Å². The van der Waals surface area contributed by atoms with Gasteiger partial charge in [-0.15, -0.1) is 0 Å². The van der Waals surface area contributed by atoms with Crippen LogP contribution in [0.3, 0.4) is 0 Å². The standard InChI is InChI=1S/C5H6N2OS/c8-5-1-2-6-4(3-9)7-5/h1-2,9H,3H2,(H,6,7,8). The van der Waals surface area contributed by atoms with Crippen molar-refractivity contribution in [1.29, 1.82) is 0 Å². The predicted molar refractivity (Wildman–Crippen MR) is 36.4 cm³/mol. The van der Waals surface area contributed by atoms with Gasteiger partial charge in [-0.3, -0.25) is 0 Å². The van der Waals surface area contributed by atoms with Crippen LogP contribution in [0.25, 0.3) is 0 Å². The highest BCUT2D eigenvalue weighted by atomic mass is 32.1. The van der Waals surface area contributed by atoms with Crippen molar-refractivity contribution in [1.82, 2.24) is 9.97 Å². The topological polar surface area (TPSA) is 46.0 Å². The van der Waals surface area contributed by atoms with Gasteiger partial charge in [-0.25, -0.2) is 4.98 Å². The molecular formula is C5H6N2OS. The molecule has 0 aliphatic rings. The summed E-state index contributed by atoms with van der Waals surface area (Å²) in [6.45, 7) is 0. The average Bonchev–Trinajstić information content (AvgIpc) is 1.88. The number of hydrogen-bond donors (Lipinski definition) is 2. The Hall–Kier alpha value is -0.770. The van der Waals surface area contributed by atoms with Crippen molar-refractivity contribution in [3.05, 3.63) is 18.1 Å². The minimum atomic E-state index is -0.00551. The van der Waals surface area contributed by atoms with Crippen molar-refractivity contribution in [2.24, 2.45) is 0 Å². The quantitative estimate of drug-likeness (QED) is 0.565. The molecule has 1 aromatic heterocycles. The van der Waals surface area contributed by atoms with E-state index in [4.69, 9.17) is 5.11 Å². The van der Waals surface area contributed by atoms with Crippen LogP contribution in [0.5, 0.6) is 5.88 Å². The van der Waals surface area contributed by atoms with E-state index in [0.717, 1.165) is 0 Å². The van der Waals surface area contributed by atoms with E-state index < -0.39 is 0 Å². The molecule has 0 aromatic carbocycles. The molecule has 9 heavy (non-hydrogen) atoms. The Balaban J connectivity index is 2.94. The lowest BCUT2D eigenvalue weighted by Crippen LogP contribution is -1.87. The number of thiol groups is 1. The molecule has 0 aliphatic heterocycles. The lowest BCUT2D eigenvalue weighted by Gasteiger charge is -1.91. The van der Waals surface area contributed by atoms with Crippen LogP contribution in [0, 0.1) is 0 Å². The maximum atomic E-state index is 8.76. The summed E-state index contributed by atoms with van der Waals surface area (Å²) in [5.74, 6) is 0.987. The Labute approximate surface area is 58.2 Å². The zero-order chi connectivity index (χ0) is 6.69. The lowest BCUT2D eigenvalue weighted by atomic mass is 10.6. The maximum Gasteiger partial charge on any atom is 0.214 e. The summed E-state index contributed by atoms with van der Waals surface area (Å²) in [4.78, 5) is 7.47. The molecule has 0 amide bonds. The van der Waals surface area contributed by atoms with E-state index in [1.807, 2.05) is 0 Å². The van der Waals surface area contributed by atoms with Gasteiger partial charge in [0.05, 0.1) is 5.75 Å². The van der Waals surface area contributed by atoms with Crippen LogP contribution >= 0.6 is 12.6 Å². The molecule has 0 saturated carbocycles. The van der Waals surface area contributed by atoms with Crippen LogP contribution < -0.4 is 0 Å². The molecule has 4 heteroatoms. The van der Waals surface area contributed by atoms with Gasteiger partial charge in [0.1, 0.15) is 5.82 Å². The SMILES string of the molecule is Oc1ccnc(CS)n1. The van der Waals surface area contributed by atoms with Crippen molar-refractivity contribution in [2.75, 3.05) is 0 Å². The molecule has 1 N–H and O–H groups in total. The van der Waals surface area contributed by atoms with Gasteiger partial charge in [0.15, 0.2) is 0 Å². The summed E-state index contributed by atoms with van der Waals surface area (Å²) in [6, 6.07) is 1.42. The van der Waals surface area contributed by atoms with Gasteiger partial charge in [-0.1, -0.05) is 0 Å². The first-order valence-electron chi connectivity index (χ1n) is 2.44. The Kier molecular flexibility index (Phi) is 1.89. The Morgan fingerprint density at radius 2 is 2.44 bits per heavy atom. The molecule has 3 nitrogen and oxygen atoms in total. The summed E-state index contributed by atoms with van der Waals surface area (Å²) >= 11 is 3.92. The molecule has 0 spiro atoms. The van der Waals surface area contributed by atoms with E-state index in [9.17, 15) is 0 Å². The average molecular weight is 142 g/mol. The number of aromatic hydroxyl groups is 1. The summed E-state index contributed by atoms with van der Waals surface area (Å²) < 4.78 is 0. The molecule has 48 valence electrons. The Bertz CT molecular complexity index is 204. The fourth-order valence-corrected chi connectivity index (χ4v) is 0.617. The summed E-state index contributed by atoms with van der Waals surface area (Å²) in [6.07, 6.45) is 1.49. The molecule has 0 fully saturated rings. The Morgan fingerprint density at radius 3 is 2.89 bits per heavy atom. The highest BCUT2D eigenvalue weighted by Gasteiger charge is 1.91. The van der Waals surface area contributed by atoms with Gasteiger partial charge in [0, 0.05) is 12.3 Å². The third-order valence-electron chi connectivity index (χ3n) is 0.832. The van der Waals surface area contributed by atoms with E-state index in [1.54, 1.807) is 0 Å². The van der Waals surface area contributed by atoms with Crippen molar-refractivity contribution in [3.8, 4) is 5.88 Å². The van der Waals surface area contributed by atoms with Crippen molar-refractivity contribution >= 4 is 12.6 Å². The first kappa shape index (κ1) is 6.35. The van der Waals surface area contributed by atoms with E-state index >= 15 is 0 Å². The van der Waals surface area contributed by atoms with Gasteiger partial charge in [0.25, 0.3) is 0 Å². The summed E-state index contributed by atoms with van der Waals surface area (Å²) in [7, 11) is 0. The predicted octanol–water partition coefficient (Wildman–Crippen LogP) is 0.612. The molecule has 0 radical (unpaired) electrons. The molecule has 0 aliphatic carbocycles. The molecule has 1 heterocycles. The molecule has 0 bridgehead atoms. The van der Waals surface area contributed by atoms with Crippen LogP contribution in [0.1, 0.15) is 5.82 Å². The van der Waals surface area contributed by atoms with Crippen LogP contribution in [0.15, 0.2) is 12.3 Å². The zero-order valence-corrected chi connectivity index (χ0v) is 5.55. The van der Waals surface area contributed by atoms with Crippen LogP contribution in [0.2, 0.25) is 0 Å². The first-order chi connectivity index (χ1) is 4.33. The molecule has 1 aromatic rings. The third-order valence-corrected chi connectivity index (χ3v) is 1.12. The monoisotopic (exact) mass is 142 g/mol. The van der Waals surface area contributed by atoms with E-state index in [0.29, 0.717) is 11.6 Å². The highest BCUT2D eigenvalue weighted by Crippen LogP contribution is 2.02. The van der Waals surface area contributed by atoms with E-state index in [-0.39, 0.29) is 5.88 Å². The highest BCUT2D eigenvalue weighted by molar-refractivity contribution is 7.79. The molecule has 0 saturated heterocycles. The van der Waals surface area contributed by atoms with Gasteiger partial charge in [-0.2, -0.15) is 17.6 Å². The number of hydrogen-bond acceptors (Lipinski definition) is 4. The maximum absolute atomic E-state index is 8.76. The van der Waals surface area contributed by atoms with Crippen LogP contribution in [0.4, 0.5) is 0 Å². The fourth-order valence-electron chi connectivity index (χ4n) is 0.465. The van der Waals surface area contributed by atoms with Gasteiger partial charge < -0.3 is 5.11 Å². The van der Waals surface area contributed by atoms with Crippen molar-refractivity contribution in [2.45, 2.75) is 5.75 Å². The second kappa shape index (κ2) is 2.68. The second-order valence-corrected chi connectivity index (χ2v) is 1.81. The van der Waals surface area contributed by atoms with Crippen LogP contribution in [-0.2, 0) is 5.75 Å². The lowest BCUT2D eigenvalue weighted by molar-refractivity contribution is 0.450. The van der Waals surface area contributed by atoms with E-state index in [1.165, 1.54) is 12.3 Å². The minimum absolute atomic E-state index is 0.00551. The molecule has 0 atom stereocenters. The summed E-state index contributed by atoms with van der Waals surface area (Å²) in [5.41, 5.74) is 0. The number of aromatic nitrogens is 2. The first-order valence-corrected chi connectivity index (χ1v) is 3.08. The van der Waals surface area contributed by atoms with Crippen molar-refractivity contribution in [3.63, 3.8) is 0 Å². The number of nitrogens with zero attached hydrogens (tertiary/aromatic N) is 2. The minimum Gasteiger partial charge on any atom is -0.493 e. The van der Waals surface area contributed by atoms with Crippen LogP contribution in [-0.4, -0.2) is 15.1 Å². The smallest absolute Gasteiger partial charge is 0.214 e. The van der Waals surface area contributed by atoms with Gasteiger partial charge >= 0.3 is 0 Å². The Morgan fingerprint density at radius 1 is 1.67 bits per heavy atom. The molecule has 1 rings (SSSR count). The summed E-state index contributed by atoms with van der Waals surface area (Å²) in [5, 5.41) is 8.76. The second-order valence-electron chi connectivity index (χ2n) is 1.49. The molecular weight excluding hydrogens is 136 g/mol. The number of rotatable bonds is 1.